The molecular weight excluding hydrogens is 406 g/mol. The summed E-state index contributed by atoms with van der Waals surface area (Å²) < 4.78 is 10.7. The second-order valence-electron chi connectivity index (χ2n) is 8.21. The SMILES string of the molecule is COC[C@H](C)N(C)c1nc(N2CCCC2)nc2nc(-c3ccc(OC)c(CO)c3)ccc12. The number of benzene rings is 1. The highest BCUT2D eigenvalue weighted by molar-refractivity contribution is 5.90. The molecule has 3 heterocycles. The van der Waals surface area contributed by atoms with Crippen LogP contribution < -0.4 is 14.5 Å². The Labute approximate surface area is 188 Å². The van der Waals surface area contributed by atoms with Gasteiger partial charge >= 0.3 is 0 Å². The molecule has 1 aliphatic rings. The van der Waals surface area contributed by atoms with Crippen LogP contribution in [0.25, 0.3) is 22.3 Å². The number of aliphatic hydroxyl groups is 1. The maximum atomic E-state index is 9.70. The third kappa shape index (κ3) is 4.33. The van der Waals surface area contributed by atoms with Gasteiger partial charge in [-0.1, -0.05) is 0 Å². The van der Waals surface area contributed by atoms with Gasteiger partial charge in [-0.25, -0.2) is 4.98 Å². The molecule has 0 saturated carbocycles. The van der Waals surface area contributed by atoms with E-state index in [0.29, 0.717) is 18.0 Å². The van der Waals surface area contributed by atoms with Crippen LogP contribution in [0.15, 0.2) is 30.3 Å². The van der Waals surface area contributed by atoms with E-state index in [1.807, 2.05) is 37.4 Å². The van der Waals surface area contributed by atoms with Crippen LogP contribution in [-0.4, -0.2) is 67.1 Å². The normalized spacial score (nSPS) is 14.7. The molecule has 1 saturated heterocycles. The van der Waals surface area contributed by atoms with Gasteiger partial charge < -0.3 is 24.4 Å². The number of anilines is 2. The van der Waals surface area contributed by atoms with Gasteiger partial charge in [0.05, 0.1) is 37.4 Å². The smallest absolute Gasteiger partial charge is 0.229 e. The van der Waals surface area contributed by atoms with E-state index in [9.17, 15) is 5.11 Å². The van der Waals surface area contributed by atoms with Crippen LogP contribution in [-0.2, 0) is 11.3 Å². The Morgan fingerprint density at radius 3 is 2.56 bits per heavy atom. The second-order valence-corrected chi connectivity index (χ2v) is 8.21. The van der Waals surface area contributed by atoms with Crippen molar-refractivity contribution < 1.29 is 14.6 Å². The monoisotopic (exact) mass is 437 g/mol. The fraction of sp³-hybridized carbons (Fsp3) is 0.458. The summed E-state index contributed by atoms with van der Waals surface area (Å²) in [4.78, 5) is 19.0. The van der Waals surface area contributed by atoms with Crippen molar-refractivity contribution in [1.29, 1.82) is 0 Å². The zero-order valence-corrected chi connectivity index (χ0v) is 19.2. The molecule has 1 atom stereocenters. The Balaban J connectivity index is 1.82. The van der Waals surface area contributed by atoms with Crippen molar-refractivity contribution in [3.8, 4) is 17.0 Å². The first-order chi connectivity index (χ1) is 15.5. The number of aromatic nitrogens is 3. The quantitative estimate of drug-likeness (QED) is 0.575. The van der Waals surface area contributed by atoms with Gasteiger partial charge in [-0.05, 0) is 50.1 Å². The second kappa shape index (κ2) is 9.67. The molecule has 0 radical (unpaired) electrons. The number of hydrogen-bond acceptors (Lipinski definition) is 8. The lowest BCUT2D eigenvalue weighted by atomic mass is 10.1. The lowest BCUT2D eigenvalue weighted by Gasteiger charge is -2.27. The summed E-state index contributed by atoms with van der Waals surface area (Å²) in [6.45, 7) is 4.53. The van der Waals surface area contributed by atoms with Crippen molar-refractivity contribution in [1.82, 2.24) is 15.0 Å². The minimum absolute atomic E-state index is 0.0990. The predicted octanol–water partition coefficient (Wildman–Crippen LogP) is 3.26. The van der Waals surface area contributed by atoms with E-state index in [0.717, 1.165) is 59.9 Å². The molecule has 0 bridgehead atoms. The van der Waals surface area contributed by atoms with E-state index < -0.39 is 0 Å². The fourth-order valence-corrected chi connectivity index (χ4v) is 4.09. The number of hydrogen-bond donors (Lipinski definition) is 1. The average Bonchev–Trinajstić information content (AvgIpc) is 3.37. The first-order valence-corrected chi connectivity index (χ1v) is 11.0. The predicted molar refractivity (Wildman–Crippen MR) is 126 cm³/mol. The number of fused-ring (bicyclic) bond motifs is 1. The van der Waals surface area contributed by atoms with Crippen molar-refractivity contribution in [3.05, 3.63) is 35.9 Å². The van der Waals surface area contributed by atoms with E-state index >= 15 is 0 Å². The molecule has 170 valence electrons. The molecule has 0 spiro atoms. The standard InChI is InChI=1S/C24H31N5O3/c1-16(15-31-3)28(2)23-19-8-9-20(17-7-10-21(32-4)18(13-17)14-30)25-22(19)26-24(27-23)29-11-5-6-12-29/h7-10,13,16,30H,5-6,11-12,14-15H2,1-4H3/t16-/m0/s1. The van der Waals surface area contributed by atoms with Crippen LogP contribution >= 0.6 is 0 Å². The Morgan fingerprint density at radius 2 is 1.88 bits per heavy atom. The van der Waals surface area contributed by atoms with Crippen LogP contribution in [0.2, 0.25) is 0 Å². The van der Waals surface area contributed by atoms with Gasteiger partial charge in [0.2, 0.25) is 5.95 Å². The Morgan fingerprint density at radius 1 is 1.09 bits per heavy atom. The van der Waals surface area contributed by atoms with Gasteiger partial charge in [0.1, 0.15) is 11.6 Å². The molecule has 8 nitrogen and oxygen atoms in total. The molecule has 32 heavy (non-hydrogen) atoms. The first-order valence-electron chi connectivity index (χ1n) is 11.0. The molecule has 1 aromatic carbocycles. The number of nitrogens with zero attached hydrogens (tertiary/aromatic N) is 5. The largest absolute Gasteiger partial charge is 0.496 e. The van der Waals surface area contributed by atoms with E-state index in [1.165, 1.54) is 0 Å². The van der Waals surface area contributed by atoms with Crippen LogP contribution in [0, 0.1) is 0 Å². The first kappa shape index (κ1) is 22.2. The molecule has 1 aliphatic heterocycles. The van der Waals surface area contributed by atoms with Gasteiger partial charge in [-0.2, -0.15) is 9.97 Å². The highest BCUT2D eigenvalue weighted by Gasteiger charge is 2.22. The summed E-state index contributed by atoms with van der Waals surface area (Å²) in [5, 5.41) is 10.6. The summed E-state index contributed by atoms with van der Waals surface area (Å²) in [6, 6.07) is 9.86. The molecule has 8 heteroatoms. The number of pyridine rings is 1. The number of ether oxygens (including phenoxy) is 2. The Hall–Kier alpha value is -2.97. The summed E-state index contributed by atoms with van der Waals surface area (Å²) in [5.74, 6) is 2.23. The minimum atomic E-state index is -0.0990. The number of methoxy groups -OCH3 is 2. The van der Waals surface area contributed by atoms with Crippen molar-refractivity contribution in [2.45, 2.75) is 32.4 Å². The highest BCUT2D eigenvalue weighted by atomic mass is 16.5. The zero-order chi connectivity index (χ0) is 22.7. The lowest BCUT2D eigenvalue weighted by Crippen LogP contribution is -2.34. The van der Waals surface area contributed by atoms with E-state index in [4.69, 9.17) is 24.4 Å². The van der Waals surface area contributed by atoms with Crippen LogP contribution in [0.4, 0.5) is 11.8 Å². The minimum Gasteiger partial charge on any atom is -0.496 e. The van der Waals surface area contributed by atoms with Crippen LogP contribution in [0.1, 0.15) is 25.3 Å². The van der Waals surface area contributed by atoms with Crippen molar-refractivity contribution in [2.24, 2.45) is 0 Å². The van der Waals surface area contributed by atoms with Crippen molar-refractivity contribution in [2.75, 3.05) is 50.8 Å². The van der Waals surface area contributed by atoms with E-state index in [1.54, 1.807) is 14.2 Å². The van der Waals surface area contributed by atoms with Crippen LogP contribution in [0.3, 0.4) is 0 Å². The van der Waals surface area contributed by atoms with E-state index in [2.05, 4.69) is 16.7 Å². The number of likely N-dealkylation sites (N-methyl/N-ethyl adjacent to an activating group) is 1. The molecule has 1 N–H and O–H groups in total. The summed E-state index contributed by atoms with van der Waals surface area (Å²) in [7, 11) is 5.34. The molecule has 2 aromatic heterocycles. The number of aliphatic hydroxyl groups excluding tert-OH is 1. The molecule has 1 fully saturated rings. The van der Waals surface area contributed by atoms with Gasteiger partial charge in [0.15, 0.2) is 5.65 Å². The fourth-order valence-electron chi connectivity index (χ4n) is 4.09. The molecule has 0 amide bonds. The average molecular weight is 438 g/mol. The van der Waals surface area contributed by atoms with Gasteiger partial charge in [0, 0.05) is 38.4 Å². The van der Waals surface area contributed by atoms with Gasteiger partial charge in [-0.15, -0.1) is 0 Å². The Bertz CT molecular complexity index is 1080. The highest BCUT2D eigenvalue weighted by Crippen LogP contribution is 2.31. The molecular formula is C24H31N5O3. The molecule has 0 unspecified atom stereocenters. The van der Waals surface area contributed by atoms with Crippen molar-refractivity contribution >= 4 is 22.8 Å². The van der Waals surface area contributed by atoms with Crippen LogP contribution in [0.5, 0.6) is 5.75 Å². The maximum absolute atomic E-state index is 9.70. The lowest BCUT2D eigenvalue weighted by molar-refractivity contribution is 0.183. The summed E-state index contributed by atoms with van der Waals surface area (Å²) in [5.41, 5.74) is 3.08. The summed E-state index contributed by atoms with van der Waals surface area (Å²) >= 11 is 0. The maximum Gasteiger partial charge on any atom is 0.229 e. The molecule has 4 rings (SSSR count). The third-order valence-electron chi connectivity index (χ3n) is 6.07. The van der Waals surface area contributed by atoms with Crippen molar-refractivity contribution in [3.63, 3.8) is 0 Å². The van der Waals surface area contributed by atoms with E-state index in [-0.39, 0.29) is 12.6 Å². The summed E-state index contributed by atoms with van der Waals surface area (Å²) in [6.07, 6.45) is 2.30. The Kier molecular flexibility index (Phi) is 6.72. The third-order valence-corrected chi connectivity index (χ3v) is 6.07. The molecule has 0 aliphatic carbocycles. The number of rotatable bonds is 8. The van der Waals surface area contributed by atoms with Gasteiger partial charge in [-0.3, -0.25) is 0 Å². The topological polar surface area (TPSA) is 83.8 Å². The molecule has 3 aromatic rings. The van der Waals surface area contributed by atoms with Gasteiger partial charge in [0.25, 0.3) is 0 Å². The zero-order valence-electron chi connectivity index (χ0n) is 19.2.